The van der Waals surface area contributed by atoms with Gasteiger partial charge in [0, 0.05) is 60.4 Å². The van der Waals surface area contributed by atoms with Crippen LogP contribution in [0.15, 0.2) is 72.2 Å². The van der Waals surface area contributed by atoms with Crippen molar-refractivity contribution >= 4 is 28.5 Å². The van der Waals surface area contributed by atoms with Crippen molar-refractivity contribution in [1.82, 2.24) is 15.2 Å². The second kappa shape index (κ2) is 9.07. The normalized spacial score (nSPS) is 21.8. The van der Waals surface area contributed by atoms with E-state index in [0.717, 1.165) is 47.1 Å². The maximum Gasteiger partial charge on any atom is 0.255 e. The number of fused-ring (bicyclic) bond motifs is 1. The molecule has 1 aromatic carbocycles. The number of hydrogen-bond acceptors (Lipinski definition) is 7. The van der Waals surface area contributed by atoms with Crippen molar-refractivity contribution in [3.8, 4) is 0 Å². The van der Waals surface area contributed by atoms with Crippen molar-refractivity contribution in [2.24, 2.45) is 0 Å². The Morgan fingerprint density at radius 1 is 0.972 bits per heavy atom. The van der Waals surface area contributed by atoms with Crippen LogP contribution in [-0.2, 0) is 5.60 Å². The first-order chi connectivity index (χ1) is 17.1. The molecule has 1 saturated heterocycles. The Hall–Kier alpha value is -3.69. The fourth-order valence-electron chi connectivity index (χ4n) is 4.43. The molecule has 5 rings (SSSR count). The molecule has 7 nitrogen and oxygen atoms in total. The van der Waals surface area contributed by atoms with Gasteiger partial charge in [-0.15, -0.1) is 10.2 Å². The highest BCUT2D eigenvalue weighted by molar-refractivity contribution is 5.96. The first kappa shape index (κ1) is 24.0. The number of anilines is 2. The van der Waals surface area contributed by atoms with Crippen LogP contribution in [0.3, 0.4) is 0 Å². The zero-order valence-electron chi connectivity index (χ0n) is 20.1. The van der Waals surface area contributed by atoms with E-state index in [1.54, 1.807) is 20.0 Å². The van der Waals surface area contributed by atoms with Gasteiger partial charge in [-0.3, -0.25) is 0 Å². The minimum Gasteiger partial charge on any atom is -0.386 e. The lowest BCUT2D eigenvalue weighted by atomic mass is 9.99. The van der Waals surface area contributed by atoms with E-state index in [4.69, 9.17) is 0 Å². The molecule has 36 heavy (non-hydrogen) atoms. The van der Waals surface area contributed by atoms with Crippen LogP contribution in [-0.4, -0.2) is 57.4 Å². The summed E-state index contributed by atoms with van der Waals surface area (Å²) < 4.78 is 27.9. The van der Waals surface area contributed by atoms with Gasteiger partial charge in [0.15, 0.2) is 5.82 Å². The van der Waals surface area contributed by atoms with Gasteiger partial charge in [-0.2, -0.15) is 0 Å². The van der Waals surface area contributed by atoms with Gasteiger partial charge in [-0.25, -0.2) is 13.8 Å². The molecule has 2 aromatic heterocycles. The monoisotopic (exact) mass is 491 g/mol. The van der Waals surface area contributed by atoms with Gasteiger partial charge in [0.2, 0.25) is 0 Å². The highest BCUT2D eigenvalue weighted by Gasteiger charge is 2.31. The van der Waals surface area contributed by atoms with Crippen LogP contribution in [0.25, 0.3) is 16.8 Å². The maximum atomic E-state index is 14.5. The van der Waals surface area contributed by atoms with Gasteiger partial charge >= 0.3 is 0 Å². The Bertz CT molecular complexity index is 1370. The summed E-state index contributed by atoms with van der Waals surface area (Å²) in [6.45, 7) is 6.32. The third-order valence-electron chi connectivity index (χ3n) is 6.50. The number of aromatic nitrogens is 3. The van der Waals surface area contributed by atoms with E-state index in [2.05, 4.69) is 25.0 Å². The molecule has 0 saturated carbocycles. The second-order valence-electron chi connectivity index (χ2n) is 9.53. The number of benzene rings is 1. The van der Waals surface area contributed by atoms with Crippen molar-refractivity contribution in [2.75, 3.05) is 36.0 Å². The summed E-state index contributed by atoms with van der Waals surface area (Å²) >= 11 is 0. The summed E-state index contributed by atoms with van der Waals surface area (Å²) in [7, 11) is 0. The van der Waals surface area contributed by atoms with Crippen LogP contribution in [0.1, 0.15) is 25.1 Å². The Kier molecular flexibility index (Phi) is 6.05. The van der Waals surface area contributed by atoms with Gasteiger partial charge in [-0.1, -0.05) is 36.4 Å². The molecule has 1 aliphatic carbocycles. The molecule has 3 heterocycles. The highest BCUT2D eigenvalue weighted by atomic mass is 19.2. The molecule has 0 spiro atoms. The van der Waals surface area contributed by atoms with E-state index in [9.17, 15) is 19.0 Å². The number of aliphatic hydroxyl groups is 2. The maximum absolute atomic E-state index is 14.5. The second-order valence-corrected chi connectivity index (χ2v) is 9.53. The Labute approximate surface area is 207 Å². The van der Waals surface area contributed by atoms with Crippen LogP contribution >= 0.6 is 0 Å². The molecule has 186 valence electrons. The average molecular weight is 492 g/mol. The number of halogens is 2. The molecular formula is C27H27F2N5O2. The van der Waals surface area contributed by atoms with Crippen LogP contribution in [0.4, 0.5) is 20.4 Å². The number of rotatable bonds is 4. The zero-order chi connectivity index (χ0) is 25.5. The first-order valence-corrected chi connectivity index (χ1v) is 11.8. The van der Waals surface area contributed by atoms with Crippen molar-refractivity contribution in [3.05, 3.63) is 83.5 Å². The molecule has 1 atom stereocenters. The van der Waals surface area contributed by atoms with E-state index in [-0.39, 0.29) is 5.57 Å². The number of hydrogen-bond donors (Lipinski definition) is 2. The van der Waals surface area contributed by atoms with E-state index in [1.165, 1.54) is 12.2 Å². The molecule has 3 aromatic rings. The molecule has 1 unspecified atom stereocenters. The lowest BCUT2D eigenvalue weighted by Gasteiger charge is -2.36. The van der Waals surface area contributed by atoms with Crippen molar-refractivity contribution in [1.29, 1.82) is 0 Å². The van der Waals surface area contributed by atoms with E-state index >= 15 is 0 Å². The summed E-state index contributed by atoms with van der Waals surface area (Å²) in [5, 5.41) is 30.5. The molecule has 0 amide bonds. The van der Waals surface area contributed by atoms with Crippen LogP contribution < -0.4 is 9.80 Å². The lowest BCUT2D eigenvalue weighted by molar-refractivity contribution is -0.00321. The van der Waals surface area contributed by atoms with E-state index in [0.29, 0.717) is 24.9 Å². The van der Waals surface area contributed by atoms with Crippen LogP contribution in [0.5, 0.6) is 0 Å². The van der Waals surface area contributed by atoms with Crippen LogP contribution in [0.2, 0.25) is 0 Å². The molecule has 2 N–H and O–H groups in total. The zero-order valence-corrected chi connectivity index (χ0v) is 20.1. The number of allylic oxidation sites excluding steroid dienone is 2. The predicted molar refractivity (Wildman–Crippen MR) is 136 cm³/mol. The molecule has 0 bridgehead atoms. The van der Waals surface area contributed by atoms with Gasteiger partial charge in [-0.05, 0) is 32.1 Å². The third kappa shape index (κ3) is 4.72. The average Bonchev–Trinajstić information content (AvgIpc) is 2.85. The van der Waals surface area contributed by atoms with Crippen molar-refractivity contribution < 1.29 is 19.0 Å². The minimum atomic E-state index is -2.92. The molecular weight excluding hydrogens is 464 g/mol. The fourth-order valence-corrected chi connectivity index (χ4v) is 4.43. The summed E-state index contributed by atoms with van der Waals surface area (Å²) in [6, 6.07) is 11.4. The van der Waals surface area contributed by atoms with Gasteiger partial charge < -0.3 is 20.0 Å². The Morgan fingerprint density at radius 3 is 2.31 bits per heavy atom. The van der Waals surface area contributed by atoms with Gasteiger partial charge in [0.1, 0.15) is 11.6 Å². The summed E-state index contributed by atoms with van der Waals surface area (Å²) in [5.74, 6) is -2.19. The van der Waals surface area contributed by atoms with Crippen molar-refractivity contribution in [2.45, 2.75) is 25.3 Å². The first-order valence-electron chi connectivity index (χ1n) is 11.8. The lowest BCUT2D eigenvalue weighted by Crippen LogP contribution is -2.47. The van der Waals surface area contributed by atoms with Crippen molar-refractivity contribution in [3.63, 3.8) is 0 Å². The number of piperazine rings is 1. The van der Waals surface area contributed by atoms with Crippen LogP contribution in [0, 0.1) is 0 Å². The quantitative estimate of drug-likeness (QED) is 0.570. The SMILES string of the molecule is CC(C)(O)c1ccc(N2CCN(c3nnc(/C=C4\C=CC(F)=CC4(O)F)c4ccccc34)CC2)nc1. The van der Waals surface area contributed by atoms with Gasteiger partial charge in [0.25, 0.3) is 5.85 Å². The Morgan fingerprint density at radius 2 is 1.67 bits per heavy atom. The summed E-state index contributed by atoms with van der Waals surface area (Å²) in [5.41, 5.74) is 0.0934. The third-order valence-corrected chi connectivity index (χ3v) is 6.50. The molecule has 2 aliphatic rings. The largest absolute Gasteiger partial charge is 0.386 e. The predicted octanol–water partition coefficient (Wildman–Crippen LogP) is 4.04. The number of alkyl halides is 1. The smallest absolute Gasteiger partial charge is 0.255 e. The molecule has 9 heteroatoms. The number of nitrogens with zero attached hydrogens (tertiary/aromatic N) is 5. The molecule has 1 fully saturated rings. The highest BCUT2D eigenvalue weighted by Crippen LogP contribution is 2.33. The van der Waals surface area contributed by atoms with Gasteiger partial charge in [0.05, 0.1) is 11.3 Å². The van der Waals surface area contributed by atoms with E-state index < -0.39 is 17.3 Å². The molecule has 0 radical (unpaired) electrons. The Balaban J connectivity index is 1.38. The minimum absolute atomic E-state index is 0.118. The van der Waals surface area contributed by atoms with E-state index in [1.807, 2.05) is 36.4 Å². The number of pyridine rings is 1. The molecule has 1 aliphatic heterocycles. The topological polar surface area (TPSA) is 85.6 Å². The fraction of sp³-hybridized carbons (Fsp3) is 0.296. The summed E-state index contributed by atoms with van der Waals surface area (Å²) in [4.78, 5) is 8.86. The summed E-state index contributed by atoms with van der Waals surface area (Å²) in [6.07, 6.45) is 5.91. The standard InChI is InChI=1S/C27H27F2N5O2/c1-26(2,35)19-8-10-24(30-17-19)33-11-13-34(14-12-33)25-22-6-4-3-5-21(22)23(31-32-25)15-18-7-9-20(28)16-27(18,29)36/h3-10,15-17,35-36H,11-14H2,1-2H3/b18-15+.